The quantitative estimate of drug-likeness (QED) is 0.283. The zero-order valence-electron chi connectivity index (χ0n) is 18.1. The van der Waals surface area contributed by atoms with Crippen LogP contribution in [0, 0.1) is 10.1 Å². The Morgan fingerprint density at radius 2 is 2.12 bits per heavy atom. The number of esters is 1. The average molecular weight is 490 g/mol. The summed E-state index contributed by atoms with van der Waals surface area (Å²) in [5.74, 6) is -0.709. The summed E-state index contributed by atoms with van der Waals surface area (Å²) < 4.78 is 37.8. The van der Waals surface area contributed by atoms with E-state index in [0.29, 0.717) is 6.42 Å². The lowest BCUT2D eigenvalue weighted by atomic mass is 9.89. The summed E-state index contributed by atoms with van der Waals surface area (Å²) in [5, 5.41) is 24.2. The molecule has 0 unspecified atom stereocenters. The maximum atomic E-state index is 13.2. The van der Waals surface area contributed by atoms with Crippen molar-refractivity contribution in [3.8, 4) is 0 Å². The Hall–Kier alpha value is -3.55. The minimum absolute atomic E-state index is 0.0175. The third-order valence-electron chi connectivity index (χ3n) is 5.76. The highest BCUT2D eigenvalue weighted by molar-refractivity contribution is 7.90. The van der Waals surface area contributed by atoms with Crippen molar-refractivity contribution in [2.24, 2.45) is 0 Å². The van der Waals surface area contributed by atoms with E-state index >= 15 is 0 Å². The van der Waals surface area contributed by atoms with E-state index in [1.807, 2.05) is 0 Å². The minimum Gasteiger partial charge on any atom is -0.467 e. The highest BCUT2D eigenvalue weighted by Gasteiger charge is 2.45. The van der Waals surface area contributed by atoms with Crippen LogP contribution in [-0.2, 0) is 24.3 Å². The fourth-order valence-electron chi connectivity index (χ4n) is 3.93. The van der Waals surface area contributed by atoms with Gasteiger partial charge in [0.2, 0.25) is 0 Å². The van der Waals surface area contributed by atoms with Crippen molar-refractivity contribution in [2.75, 3.05) is 25.6 Å². The summed E-state index contributed by atoms with van der Waals surface area (Å²) in [5.41, 5.74) is -2.08. The fourth-order valence-corrected chi connectivity index (χ4v) is 5.26. The molecule has 0 spiro atoms. The second-order valence-electron chi connectivity index (χ2n) is 7.80. The molecule has 1 aromatic carbocycles. The lowest BCUT2D eigenvalue weighted by molar-refractivity contribution is -0.384. The maximum Gasteiger partial charge on any atom is 0.333 e. The topological polar surface area (TPSA) is 163 Å². The molecule has 13 heteroatoms. The van der Waals surface area contributed by atoms with E-state index < -0.39 is 38.2 Å². The zero-order chi connectivity index (χ0) is 24.5. The van der Waals surface area contributed by atoms with Crippen LogP contribution in [0.25, 0.3) is 11.0 Å². The molecule has 0 bridgehead atoms. The summed E-state index contributed by atoms with van der Waals surface area (Å²) in [6.45, 7) is -0.452. The predicted octanol–water partition coefficient (Wildman–Crippen LogP) is 1.68. The Bertz CT molecular complexity index is 1330. The SMILES string of the molecule is COC(=O)[C@]1(Nc2c([N+](=O)[O-])cnc3c2ccn3S(=O)(=O)c2ccccc2)CC[C@H](CO)OC1. The third kappa shape index (κ3) is 3.97. The number of ether oxygens (including phenoxy) is 2. The van der Waals surface area contributed by atoms with Crippen LogP contribution >= 0.6 is 0 Å². The molecule has 4 rings (SSSR count). The van der Waals surface area contributed by atoms with Crippen molar-refractivity contribution >= 4 is 38.4 Å². The molecule has 3 heterocycles. The highest BCUT2D eigenvalue weighted by atomic mass is 32.2. The first-order chi connectivity index (χ1) is 16.2. The summed E-state index contributed by atoms with van der Waals surface area (Å²) in [7, 11) is -2.86. The van der Waals surface area contributed by atoms with Gasteiger partial charge in [-0.2, -0.15) is 0 Å². The number of fused-ring (bicyclic) bond motifs is 1. The number of carbonyl (C=O) groups excluding carboxylic acids is 1. The number of aliphatic hydroxyl groups is 1. The first-order valence-corrected chi connectivity index (χ1v) is 11.7. The van der Waals surface area contributed by atoms with Crippen molar-refractivity contribution in [1.29, 1.82) is 0 Å². The molecule has 34 heavy (non-hydrogen) atoms. The number of aromatic nitrogens is 2. The number of rotatable bonds is 7. The largest absolute Gasteiger partial charge is 0.467 e. The Morgan fingerprint density at radius 3 is 2.71 bits per heavy atom. The molecule has 1 aliphatic heterocycles. The van der Waals surface area contributed by atoms with E-state index in [4.69, 9.17) is 9.47 Å². The van der Waals surface area contributed by atoms with Crippen molar-refractivity contribution in [1.82, 2.24) is 8.96 Å². The Balaban J connectivity index is 1.86. The molecule has 180 valence electrons. The minimum atomic E-state index is -4.04. The van der Waals surface area contributed by atoms with Crippen LogP contribution in [0.5, 0.6) is 0 Å². The van der Waals surface area contributed by atoms with Gasteiger partial charge in [0, 0.05) is 6.20 Å². The molecule has 1 saturated heterocycles. The summed E-state index contributed by atoms with van der Waals surface area (Å²) in [4.78, 5) is 27.9. The lowest BCUT2D eigenvalue weighted by Gasteiger charge is -2.38. The predicted molar refractivity (Wildman–Crippen MR) is 120 cm³/mol. The van der Waals surface area contributed by atoms with Crippen molar-refractivity contribution in [3.05, 3.63) is 58.9 Å². The molecule has 1 aliphatic rings. The van der Waals surface area contributed by atoms with E-state index in [0.717, 1.165) is 10.2 Å². The van der Waals surface area contributed by atoms with Gasteiger partial charge in [-0.3, -0.25) is 10.1 Å². The van der Waals surface area contributed by atoms with Gasteiger partial charge in [0.1, 0.15) is 11.9 Å². The number of pyridine rings is 1. The van der Waals surface area contributed by atoms with Crippen LogP contribution in [0.2, 0.25) is 0 Å². The van der Waals surface area contributed by atoms with Crippen LogP contribution in [0.15, 0.2) is 53.7 Å². The number of anilines is 1. The zero-order valence-corrected chi connectivity index (χ0v) is 18.9. The van der Waals surface area contributed by atoms with E-state index in [2.05, 4.69) is 10.3 Å². The molecule has 1 fully saturated rings. The van der Waals surface area contributed by atoms with Crippen molar-refractivity contribution in [3.63, 3.8) is 0 Å². The van der Waals surface area contributed by atoms with Crippen LogP contribution < -0.4 is 5.32 Å². The first-order valence-electron chi connectivity index (χ1n) is 10.3. The number of nitrogens with one attached hydrogen (secondary N) is 1. The number of benzene rings is 1. The highest BCUT2D eigenvalue weighted by Crippen LogP contribution is 2.38. The van der Waals surface area contributed by atoms with Crippen LogP contribution in [0.4, 0.5) is 11.4 Å². The maximum absolute atomic E-state index is 13.2. The van der Waals surface area contributed by atoms with E-state index in [-0.39, 0.29) is 41.3 Å². The van der Waals surface area contributed by atoms with Crippen LogP contribution in [0.3, 0.4) is 0 Å². The fraction of sp³-hybridized carbons (Fsp3) is 0.333. The van der Waals surface area contributed by atoms with Crippen molar-refractivity contribution in [2.45, 2.75) is 29.4 Å². The van der Waals surface area contributed by atoms with Crippen molar-refractivity contribution < 1.29 is 32.7 Å². The van der Waals surface area contributed by atoms with Gasteiger partial charge in [0.05, 0.1) is 41.6 Å². The number of aliphatic hydroxyl groups excluding tert-OH is 1. The van der Waals surface area contributed by atoms with Gasteiger partial charge in [-0.05, 0) is 31.0 Å². The van der Waals surface area contributed by atoms with Gasteiger partial charge in [0.25, 0.3) is 10.0 Å². The molecular formula is C21H22N4O8S. The molecule has 3 aromatic rings. The van der Waals surface area contributed by atoms with Gasteiger partial charge in [-0.25, -0.2) is 22.2 Å². The lowest BCUT2D eigenvalue weighted by Crippen LogP contribution is -2.55. The average Bonchev–Trinajstić information content (AvgIpc) is 3.30. The molecule has 0 amide bonds. The number of nitro groups is 1. The van der Waals surface area contributed by atoms with E-state index in [1.165, 1.54) is 31.5 Å². The number of hydrogen-bond acceptors (Lipinski definition) is 10. The molecule has 2 atom stereocenters. The number of methoxy groups -OCH3 is 1. The van der Waals surface area contributed by atoms with Gasteiger partial charge < -0.3 is 19.9 Å². The Labute approximate surface area is 194 Å². The van der Waals surface area contributed by atoms with Gasteiger partial charge in [-0.15, -0.1) is 0 Å². The van der Waals surface area contributed by atoms with E-state index in [1.54, 1.807) is 18.2 Å². The van der Waals surface area contributed by atoms with Crippen LogP contribution in [0.1, 0.15) is 12.8 Å². The Kier molecular flexibility index (Phi) is 6.25. The second kappa shape index (κ2) is 9.00. The number of nitrogens with zero attached hydrogens (tertiary/aromatic N) is 3. The summed E-state index contributed by atoms with van der Waals surface area (Å²) in [6, 6.07) is 9.06. The normalized spacial score (nSPS) is 20.7. The molecule has 0 saturated carbocycles. The summed E-state index contributed by atoms with van der Waals surface area (Å²) in [6.07, 6.45) is 2.16. The molecule has 0 aliphatic carbocycles. The number of hydrogen-bond donors (Lipinski definition) is 2. The molecule has 2 N–H and O–H groups in total. The smallest absolute Gasteiger partial charge is 0.333 e. The first kappa shape index (κ1) is 23.6. The van der Waals surface area contributed by atoms with Crippen LogP contribution in [-0.4, -0.2) is 65.3 Å². The summed E-state index contributed by atoms with van der Waals surface area (Å²) >= 11 is 0. The van der Waals surface area contributed by atoms with Gasteiger partial charge in [0.15, 0.2) is 11.2 Å². The number of carbonyl (C=O) groups is 1. The molecule has 12 nitrogen and oxygen atoms in total. The molecular weight excluding hydrogens is 468 g/mol. The monoisotopic (exact) mass is 490 g/mol. The standard InChI is InChI=1S/C21H22N4O8S/c1-32-20(27)21(9-7-14(12-26)33-13-21)23-18-16-8-10-24(19(16)22-11-17(18)25(28)29)34(30,31)15-5-3-2-4-6-15/h2-6,8,10-11,14,26H,7,9,12-13H2,1H3,(H,22,23)/t14-,21+/m1/s1. The van der Waals surface area contributed by atoms with E-state index in [9.17, 15) is 28.4 Å². The van der Waals surface area contributed by atoms with Gasteiger partial charge in [-0.1, -0.05) is 18.2 Å². The molecule has 2 aromatic heterocycles. The second-order valence-corrected chi connectivity index (χ2v) is 9.61. The van der Waals surface area contributed by atoms with Gasteiger partial charge >= 0.3 is 11.7 Å². The third-order valence-corrected chi connectivity index (χ3v) is 7.44. The molecule has 0 radical (unpaired) electrons. The Morgan fingerprint density at radius 1 is 1.38 bits per heavy atom.